The molecule has 0 saturated carbocycles. The van der Waals surface area contributed by atoms with Crippen LogP contribution in [0.4, 0.5) is 5.69 Å². The van der Waals surface area contributed by atoms with Gasteiger partial charge < -0.3 is 15.2 Å². The molecular weight excluding hydrogens is 556 g/mol. The zero-order chi connectivity index (χ0) is 29.8. The molecule has 1 atom stereocenters. The molecule has 2 amide bonds. The Labute approximate surface area is 246 Å². The van der Waals surface area contributed by atoms with Crippen molar-refractivity contribution in [1.29, 1.82) is 0 Å². The maximum atomic E-state index is 13.6. The minimum atomic E-state index is -0.972. The van der Waals surface area contributed by atoms with Gasteiger partial charge in [-0.2, -0.15) is 10.2 Å². The monoisotopic (exact) mass is 584 g/mol. The highest BCUT2D eigenvalue weighted by Gasteiger charge is 2.25. The van der Waals surface area contributed by atoms with Gasteiger partial charge in [0, 0.05) is 48.7 Å². The fourth-order valence-electron chi connectivity index (χ4n) is 4.52. The molecule has 1 unspecified atom stereocenters. The molecular formula is C30H29ClN8O3. The SMILES string of the molecule is CC(C)n1cc(-c2ccc(Cl)c(CC(NC(=O)c3ccnn3C)C(=O)Nc3ccc(-n4cncn4)cc3)c2)ccc1=O. The topological polar surface area (TPSA) is 129 Å². The quantitative estimate of drug-likeness (QED) is 0.269. The van der Waals surface area contributed by atoms with E-state index in [1.165, 1.54) is 23.3 Å². The van der Waals surface area contributed by atoms with Gasteiger partial charge in [-0.15, -0.1) is 0 Å². The molecule has 2 aromatic carbocycles. The fourth-order valence-corrected chi connectivity index (χ4v) is 4.71. The average Bonchev–Trinajstić information content (AvgIpc) is 3.66. The molecule has 5 rings (SSSR count). The van der Waals surface area contributed by atoms with E-state index in [1.54, 1.807) is 71.3 Å². The first kappa shape index (κ1) is 28.5. The minimum absolute atomic E-state index is 0.00945. The van der Waals surface area contributed by atoms with Crippen molar-refractivity contribution in [2.24, 2.45) is 7.05 Å². The molecule has 11 nitrogen and oxygen atoms in total. The molecule has 0 aliphatic heterocycles. The van der Waals surface area contributed by atoms with Crippen LogP contribution in [0.2, 0.25) is 5.02 Å². The van der Waals surface area contributed by atoms with Crippen LogP contribution < -0.4 is 16.2 Å². The van der Waals surface area contributed by atoms with Gasteiger partial charge in [0.05, 0.1) is 5.69 Å². The van der Waals surface area contributed by atoms with Crippen LogP contribution in [0.1, 0.15) is 35.9 Å². The van der Waals surface area contributed by atoms with Crippen LogP contribution in [-0.4, -0.2) is 47.0 Å². The highest BCUT2D eigenvalue weighted by Crippen LogP contribution is 2.27. The van der Waals surface area contributed by atoms with E-state index in [2.05, 4.69) is 25.8 Å². The van der Waals surface area contributed by atoms with E-state index in [4.69, 9.17) is 11.6 Å². The number of rotatable bonds is 9. The maximum absolute atomic E-state index is 13.6. The largest absolute Gasteiger partial charge is 0.339 e. The zero-order valence-corrected chi connectivity index (χ0v) is 24.0. The third-order valence-electron chi connectivity index (χ3n) is 6.79. The van der Waals surface area contributed by atoms with Crippen LogP contribution in [0.3, 0.4) is 0 Å². The summed E-state index contributed by atoms with van der Waals surface area (Å²) < 4.78 is 4.69. The first-order valence-corrected chi connectivity index (χ1v) is 13.6. The lowest BCUT2D eigenvalue weighted by molar-refractivity contribution is -0.118. The van der Waals surface area contributed by atoms with E-state index in [0.717, 1.165) is 16.8 Å². The molecule has 0 radical (unpaired) electrons. The second kappa shape index (κ2) is 12.2. The van der Waals surface area contributed by atoms with Crippen molar-refractivity contribution in [1.82, 2.24) is 34.4 Å². The number of carbonyl (C=O) groups is 2. The van der Waals surface area contributed by atoms with Crippen LogP contribution in [0, 0.1) is 0 Å². The van der Waals surface area contributed by atoms with Gasteiger partial charge >= 0.3 is 0 Å². The van der Waals surface area contributed by atoms with Gasteiger partial charge in [0.25, 0.3) is 11.5 Å². The van der Waals surface area contributed by atoms with E-state index in [0.29, 0.717) is 22.0 Å². The Bertz CT molecular complexity index is 1780. The standard InChI is InChI=1S/C30H29ClN8O3/c1-19(2)38-16-21(5-11-28(38)40)20-4-10-25(31)22(14-20)15-26(36-30(42)27-12-13-33-37(27)3)29(41)35-23-6-8-24(9-7-23)39-18-32-17-34-39/h4-14,16-19,26H,15H2,1-3H3,(H,35,41)(H,36,42). The zero-order valence-electron chi connectivity index (χ0n) is 23.2. The van der Waals surface area contributed by atoms with Gasteiger partial charge in [0.15, 0.2) is 0 Å². The van der Waals surface area contributed by atoms with Crippen LogP contribution in [0.15, 0.2) is 90.5 Å². The average molecular weight is 585 g/mol. The smallest absolute Gasteiger partial charge is 0.270 e. The predicted octanol–water partition coefficient (Wildman–Crippen LogP) is 4.04. The number of anilines is 1. The van der Waals surface area contributed by atoms with Crippen molar-refractivity contribution in [3.05, 3.63) is 112 Å². The number of carbonyl (C=O) groups excluding carboxylic acids is 2. The predicted molar refractivity (Wildman–Crippen MR) is 160 cm³/mol. The van der Waals surface area contributed by atoms with Gasteiger partial charge in [0.2, 0.25) is 5.91 Å². The summed E-state index contributed by atoms with van der Waals surface area (Å²) in [7, 11) is 1.65. The van der Waals surface area contributed by atoms with Crippen LogP contribution >= 0.6 is 11.6 Å². The third-order valence-corrected chi connectivity index (χ3v) is 7.16. The second-order valence-electron chi connectivity index (χ2n) is 10.0. The lowest BCUT2D eigenvalue weighted by Gasteiger charge is -2.20. The molecule has 0 saturated heterocycles. The van der Waals surface area contributed by atoms with Crippen LogP contribution in [0.5, 0.6) is 0 Å². The van der Waals surface area contributed by atoms with E-state index in [9.17, 15) is 14.4 Å². The molecule has 0 aliphatic rings. The molecule has 0 bridgehead atoms. The van der Waals surface area contributed by atoms with Crippen molar-refractivity contribution in [3.63, 3.8) is 0 Å². The lowest BCUT2D eigenvalue weighted by Crippen LogP contribution is -2.45. The van der Waals surface area contributed by atoms with Gasteiger partial charge in [-0.25, -0.2) is 9.67 Å². The van der Waals surface area contributed by atoms with E-state index in [-0.39, 0.29) is 18.0 Å². The van der Waals surface area contributed by atoms with Gasteiger partial charge in [-0.1, -0.05) is 17.7 Å². The lowest BCUT2D eigenvalue weighted by atomic mass is 9.99. The summed E-state index contributed by atoms with van der Waals surface area (Å²) in [5.41, 5.74) is 3.84. The van der Waals surface area contributed by atoms with Crippen molar-refractivity contribution in [2.45, 2.75) is 32.4 Å². The molecule has 214 valence electrons. The van der Waals surface area contributed by atoms with E-state index in [1.807, 2.05) is 26.0 Å². The summed E-state index contributed by atoms with van der Waals surface area (Å²) >= 11 is 6.60. The number of aromatic nitrogens is 6. The highest BCUT2D eigenvalue weighted by molar-refractivity contribution is 6.31. The molecule has 3 aromatic heterocycles. The van der Waals surface area contributed by atoms with Crippen LogP contribution in [0.25, 0.3) is 16.8 Å². The number of aryl methyl sites for hydroxylation is 1. The van der Waals surface area contributed by atoms with E-state index < -0.39 is 17.9 Å². The molecule has 0 aliphatic carbocycles. The minimum Gasteiger partial charge on any atom is -0.339 e. The summed E-state index contributed by atoms with van der Waals surface area (Å²) in [6, 6.07) is 16.4. The first-order valence-electron chi connectivity index (χ1n) is 13.3. The third kappa shape index (κ3) is 6.31. The van der Waals surface area contributed by atoms with E-state index >= 15 is 0 Å². The number of benzene rings is 2. The summed E-state index contributed by atoms with van der Waals surface area (Å²) in [6.07, 6.45) is 6.44. The Morgan fingerprint density at radius 1 is 0.976 bits per heavy atom. The second-order valence-corrected chi connectivity index (χ2v) is 10.4. The van der Waals surface area contributed by atoms with Crippen molar-refractivity contribution < 1.29 is 9.59 Å². The van der Waals surface area contributed by atoms with Crippen molar-refractivity contribution >= 4 is 29.1 Å². The maximum Gasteiger partial charge on any atom is 0.270 e. The number of halogens is 1. The molecule has 2 N–H and O–H groups in total. The normalized spacial score (nSPS) is 11.8. The number of pyridine rings is 1. The summed E-state index contributed by atoms with van der Waals surface area (Å²) in [5.74, 6) is -0.873. The van der Waals surface area contributed by atoms with Crippen molar-refractivity contribution in [3.8, 4) is 16.8 Å². The molecule has 12 heteroatoms. The summed E-state index contributed by atoms with van der Waals surface area (Å²) in [4.78, 5) is 42.9. The first-order chi connectivity index (χ1) is 20.2. The number of hydrogen-bond donors (Lipinski definition) is 2. The molecule has 5 aromatic rings. The van der Waals surface area contributed by atoms with Gasteiger partial charge in [-0.3, -0.25) is 19.1 Å². The molecule has 3 heterocycles. The van der Waals surface area contributed by atoms with Crippen LogP contribution in [-0.2, 0) is 18.3 Å². The fraction of sp³-hybridized carbons (Fsp3) is 0.200. The van der Waals surface area contributed by atoms with Gasteiger partial charge in [0.1, 0.15) is 24.4 Å². The Hall–Kier alpha value is -5.03. The Balaban J connectivity index is 1.43. The Kier molecular flexibility index (Phi) is 8.30. The summed E-state index contributed by atoms with van der Waals surface area (Å²) in [5, 5.41) is 14.3. The molecule has 42 heavy (non-hydrogen) atoms. The summed E-state index contributed by atoms with van der Waals surface area (Å²) in [6.45, 7) is 3.88. The molecule has 0 fully saturated rings. The molecule has 0 spiro atoms. The number of nitrogens with zero attached hydrogens (tertiary/aromatic N) is 6. The van der Waals surface area contributed by atoms with Gasteiger partial charge in [-0.05, 0) is 79.1 Å². The van der Waals surface area contributed by atoms with Crippen molar-refractivity contribution in [2.75, 3.05) is 5.32 Å². The number of nitrogens with one attached hydrogen (secondary N) is 2. The highest BCUT2D eigenvalue weighted by atomic mass is 35.5. The number of amides is 2. The Morgan fingerprint density at radius 2 is 1.74 bits per heavy atom. The Morgan fingerprint density at radius 3 is 2.40 bits per heavy atom. The number of hydrogen-bond acceptors (Lipinski definition) is 6.